The maximum atomic E-state index is 13.3. The topological polar surface area (TPSA) is 50.8 Å². The zero-order valence-electron chi connectivity index (χ0n) is 15.9. The van der Waals surface area contributed by atoms with Gasteiger partial charge in [-0.05, 0) is 37.3 Å². The van der Waals surface area contributed by atoms with Crippen molar-refractivity contribution in [1.82, 2.24) is 0 Å². The molecule has 10 heteroatoms. The minimum atomic E-state index is -4.59. The number of halogens is 5. The molecule has 0 bridgehead atoms. The van der Waals surface area contributed by atoms with E-state index in [1.807, 2.05) is 0 Å². The van der Waals surface area contributed by atoms with Gasteiger partial charge in [-0.3, -0.25) is 4.79 Å². The lowest BCUT2D eigenvalue weighted by Gasteiger charge is -2.31. The fourth-order valence-corrected chi connectivity index (χ4v) is 2.93. The molecule has 1 amide bonds. The first-order valence-corrected chi connectivity index (χ1v) is 9.11. The molecule has 1 N–H and O–H groups in total. The quantitative estimate of drug-likeness (QED) is 0.722. The van der Waals surface area contributed by atoms with Crippen molar-refractivity contribution < 1.29 is 36.2 Å². The van der Waals surface area contributed by atoms with E-state index in [0.717, 1.165) is 30.3 Å². The Bertz CT molecular complexity index is 914. The Morgan fingerprint density at radius 2 is 1.80 bits per heavy atom. The summed E-state index contributed by atoms with van der Waals surface area (Å²) in [6.45, 7) is 3.07. The van der Waals surface area contributed by atoms with Crippen LogP contribution in [0.4, 0.5) is 33.3 Å². The first kappa shape index (κ1) is 21.8. The van der Waals surface area contributed by atoms with E-state index in [-0.39, 0.29) is 11.4 Å². The minimum absolute atomic E-state index is 0.0301. The Morgan fingerprint density at radius 1 is 1.10 bits per heavy atom. The molecule has 1 unspecified atom stereocenters. The number of hydrogen-bond donors (Lipinski definition) is 1. The van der Waals surface area contributed by atoms with Crippen molar-refractivity contribution >= 4 is 17.3 Å². The van der Waals surface area contributed by atoms with Gasteiger partial charge in [0, 0.05) is 19.2 Å². The molecule has 0 aliphatic carbocycles. The molecule has 2 aromatic rings. The van der Waals surface area contributed by atoms with Crippen molar-refractivity contribution in [3.63, 3.8) is 0 Å². The van der Waals surface area contributed by atoms with Gasteiger partial charge < -0.3 is 19.7 Å². The van der Waals surface area contributed by atoms with E-state index in [1.54, 1.807) is 4.90 Å². The molecule has 1 heterocycles. The van der Waals surface area contributed by atoms with Gasteiger partial charge in [0.15, 0.2) is 17.7 Å². The number of amides is 1. The maximum absolute atomic E-state index is 13.3. The summed E-state index contributed by atoms with van der Waals surface area (Å²) in [6, 6.07) is 5.87. The summed E-state index contributed by atoms with van der Waals surface area (Å²) in [5.74, 6) is -3.05. The highest BCUT2D eigenvalue weighted by atomic mass is 19.4. The Balaban J connectivity index is 1.81. The smallest absolute Gasteiger partial charge is 0.416 e. The summed E-state index contributed by atoms with van der Waals surface area (Å²) >= 11 is 0. The number of hydrogen-bond acceptors (Lipinski definition) is 4. The van der Waals surface area contributed by atoms with E-state index < -0.39 is 35.4 Å². The minimum Gasteiger partial charge on any atom is -0.481 e. The number of carbonyl (C=O) groups excluding carboxylic acids is 1. The Hall–Kier alpha value is -2.88. The summed E-state index contributed by atoms with van der Waals surface area (Å²) < 4.78 is 76.4. The Labute approximate surface area is 169 Å². The van der Waals surface area contributed by atoms with Crippen molar-refractivity contribution in [1.29, 1.82) is 0 Å². The molecule has 1 saturated heterocycles. The van der Waals surface area contributed by atoms with Gasteiger partial charge in [-0.25, -0.2) is 8.78 Å². The summed E-state index contributed by atoms with van der Waals surface area (Å²) in [5, 5.41) is 2.45. The molecule has 1 aliphatic rings. The van der Waals surface area contributed by atoms with E-state index in [9.17, 15) is 26.7 Å². The number of morpholine rings is 1. The van der Waals surface area contributed by atoms with Gasteiger partial charge in [-0.2, -0.15) is 13.2 Å². The number of benzene rings is 2. The third kappa shape index (κ3) is 5.18. The summed E-state index contributed by atoms with van der Waals surface area (Å²) in [7, 11) is 0. The first-order valence-electron chi connectivity index (χ1n) is 9.11. The highest BCUT2D eigenvalue weighted by molar-refractivity contribution is 5.97. The van der Waals surface area contributed by atoms with Crippen LogP contribution in [0.5, 0.6) is 5.75 Å². The largest absolute Gasteiger partial charge is 0.481 e. The molecule has 1 fully saturated rings. The van der Waals surface area contributed by atoms with Crippen LogP contribution < -0.4 is 15.0 Å². The van der Waals surface area contributed by atoms with Crippen LogP contribution in [0.15, 0.2) is 36.4 Å². The van der Waals surface area contributed by atoms with Gasteiger partial charge in [-0.15, -0.1) is 0 Å². The molecule has 2 aromatic carbocycles. The van der Waals surface area contributed by atoms with E-state index in [1.165, 1.54) is 13.0 Å². The van der Waals surface area contributed by atoms with Crippen LogP contribution in [0.2, 0.25) is 0 Å². The number of carbonyl (C=O) groups is 1. The van der Waals surface area contributed by atoms with Crippen LogP contribution in [0.25, 0.3) is 0 Å². The monoisotopic (exact) mass is 430 g/mol. The number of ether oxygens (including phenoxy) is 2. The average Bonchev–Trinajstić information content (AvgIpc) is 2.70. The highest BCUT2D eigenvalue weighted by Crippen LogP contribution is 2.36. The van der Waals surface area contributed by atoms with E-state index in [0.29, 0.717) is 32.0 Å². The Kier molecular flexibility index (Phi) is 6.45. The zero-order chi connectivity index (χ0) is 21.9. The number of anilines is 2. The Morgan fingerprint density at radius 3 is 2.43 bits per heavy atom. The van der Waals surface area contributed by atoms with Gasteiger partial charge >= 0.3 is 6.18 Å². The average molecular weight is 430 g/mol. The van der Waals surface area contributed by atoms with E-state index in [2.05, 4.69) is 5.32 Å². The second-order valence-corrected chi connectivity index (χ2v) is 6.65. The second kappa shape index (κ2) is 8.86. The summed E-state index contributed by atoms with van der Waals surface area (Å²) in [4.78, 5) is 14.3. The fraction of sp³-hybridized carbons (Fsp3) is 0.350. The van der Waals surface area contributed by atoms with Crippen LogP contribution in [0, 0.1) is 11.6 Å². The molecule has 3 rings (SSSR count). The molecule has 30 heavy (non-hydrogen) atoms. The normalized spacial score (nSPS) is 15.6. The molecule has 0 radical (unpaired) electrons. The molecule has 0 saturated carbocycles. The number of nitrogens with one attached hydrogen (secondary N) is 1. The standard InChI is InChI=1S/C20H19F5N2O3/c1-12(30-14-3-4-15(21)16(22)11-14)19(28)26-17-10-13(20(23,24)25)2-5-18(17)27-6-8-29-9-7-27/h2-5,10-12H,6-9H2,1H3,(H,26,28). The maximum Gasteiger partial charge on any atom is 0.416 e. The highest BCUT2D eigenvalue weighted by Gasteiger charge is 2.32. The van der Waals surface area contributed by atoms with Crippen LogP contribution in [0.3, 0.4) is 0 Å². The third-order valence-corrected chi connectivity index (χ3v) is 4.51. The lowest BCUT2D eigenvalue weighted by molar-refractivity contribution is -0.137. The number of nitrogens with zero attached hydrogens (tertiary/aromatic N) is 1. The van der Waals surface area contributed by atoms with Gasteiger partial charge in [0.1, 0.15) is 5.75 Å². The van der Waals surface area contributed by atoms with E-state index >= 15 is 0 Å². The van der Waals surface area contributed by atoms with Gasteiger partial charge in [-0.1, -0.05) is 0 Å². The fourth-order valence-electron chi connectivity index (χ4n) is 2.93. The predicted molar refractivity (Wildman–Crippen MR) is 99.6 cm³/mol. The second-order valence-electron chi connectivity index (χ2n) is 6.65. The number of alkyl halides is 3. The molecule has 1 atom stereocenters. The molecule has 162 valence electrons. The van der Waals surface area contributed by atoms with Gasteiger partial charge in [0.2, 0.25) is 0 Å². The number of rotatable bonds is 5. The molecular weight excluding hydrogens is 411 g/mol. The van der Waals surface area contributed by atoms with Gasteiger partial charge in [0.25, 0.3) is 5.91 Å². The summed E-state index contributed by atoms with van der Waals surface area (Å²) in [6.07, 6.45) is -5.77. The molecular formula is C20H19F5N2O3. The molecule has 5 nitrogen and oxygen atoms in total. The lowest BCUT2D eigenvalue weighted by Crippen LogP contribution is -2.37. The van der Waals surface area contributed by atoms with Crippen molar-refractivity contribution in [2.24, 2.45) is 0 Å². The molecule has 0 spiro atoms. The molecule has 1 aliphatic heterocycles. The van der Waals surface area contributed by atoms with Crippen molar-refractivity contribution in [2.45, 2.75) is 19.2 Å². The van der Waals surface area contributed by atoms with Crippen molar-refractivity contribution in [3.05, 3.63) is 53.6 Å². The lowest BCUT2D eigenvalue weighted by atomic mass is 10.1. The van der Waals surface area contributed by atoms with Gasteiger partial charge in [0.05, 0.1) is 30.2 Å². The third-order valence-electron chi connectivity index (χ3n) is 4.51. The van der Waals surface area contributed by atoms with Crippen LogP contribution in [-0.4, -0.2) is 38.3 Å². The SMILES string of the molecule is CC(Oc1ccc(F)c(F)c1)C(=O)Nc1cc(C(F)(F)F)ccc1N1CCOCC1. The molecule has 0 aromatic heterocycles. The van der Waals surface area contributed by atoms with Crippen molar-refractivity contribution in [2.75, 3.05) is 36.5 Å². The zero-order valence-corrected chi connectivity index (χ0v) is 15.9. The van der Waals surface area contributed by atoms with Crippen LogP contribution in [0.1, 0.15) is 12.5 Å². The van der Waals surface area contributed by atoms with Crippen LogP contribution in [-0.2, 0) is 15.7 Å². The summed E-state index contributed by atoms with van der Waals surface area (Å²) in [5.41, 5.74) is -0.527. The van der Waals surface area contributed by atoms with Crippen LogP contribution >= 0.6 is 0 Å². The van der Waals surface area contributed by atoms with E-state index in [4.69, 9.17) is 9.47 Å². The predicted octanol–water partition coefficient (Wildman–Crippen LogP) is 4.23. The first-order chi connectivity index (χ1) is 14.1. The van der Waals surface area contributed by atoms with Crippen molar-refractivity contribution in [3.8, 4) is 5.75 Å².